The van der Waals surface area contributed by atoms with Gasteiger partial charge in [-0.1, -0.05) is 27.7 Å². The number of carboxylic acid groups (broad SMARTS) is 1. The third-order valence-electron chi connectivity index (χ3n) is 8.35. The number of aliphatic carboxylic acids is 1. The van der Waals surface area contributed by atoms with E-state index in [0.717, 1.165) is 0 Å². The first kappa shape index (κ1) is 45.5. The first-order valence-electron chi connectivity index (χ1n) is 17.0. The number of nitrogens with one attached hydrogen (secondary N) is 5. The number of likely N-dealkylation sites (tertiary alicyclic amines) is 1. The number of aliphatic hydroxyl groups excluding tert-OH is 3. The van der Waals surface area contributed by atoms with Crippen molar-refractivity contribution in [2.75, 3.05) is 25.2 Å². The normalized spacial score (nSPS) is 19.2. The Morgan fingerprint density at radius 1 is 0.784 bits per heavy atom. The number of thioether (sulfide) groups is 1. The summed E-state index contributed by atoms with van der Waals surface area (Å²) in [5.41, 5.74) is 5.91. The minimum absolute atomic E-state index is 0.0835. The van der Waals surface area contributed by atoms with Crippen LogP contribution in [0.4, 0.5) is 0 Å². The molecular weight excluding hydrogens is 690 g/mol. The third kappa shape index (κ3) is 14.2. The Bertz CT molecular complexity index is 1220. The molecule has 0 spiro atoms. The molecule has 1 saturated heterocycles. The molecule has 0 aromatic rings. The van der Waals surface area contributed by atoms with Gasteiger partial charge in [-0.3, -0.25) is 28.8 Å². The lowest BCUT2D eigenvalue weighted by Crippen LogP contribution is -2.62. The van der Waals surface area contributed by atoms with Crippen LogP contribution in [-0.2, 0) is 33.6 Å². The van der Waals surface area contributed by atoms with Crippen LogP contribution in [0.25, 0.3) is 0 Å². The van der Waals surface area contributed by atoms with Gasteiger partial charge >= 0.3 is 5.97 Å². The number of hydrogen-bond donors (Lipinski definition) is 10. The summed E-state index contributed by atoms with van der Waals surface area (Å²) in [6, 6.07) is -9.17. The summed E-state index contributed by atoms with van der Waals surface area (Å²) >= 11 is 1.36. The molecule has 0 radical (unpaired) electrons. The molecule has 11 N–H and O–H groups in total. The largest absolute Gasteiger partial charge is 0.480 e. The Kier molecular flexibility index (Phi) is 19.4. The fourth-order valence-corrected chi connectivity index (χ4v) is 5.74. The lowest BCUT2D eigenvalue weighted by Gasteiger charge is -2.32. The molecule has 19 heteroatoms. The Hall–Kier alpha value is -3.52. The summed E-state index contributed by atoms with van der Waals surface area (Å²) in [6.07, 6.45) is -0.259. The second-order valence-electron chi connectivity index (χ2n) is 13.5. The summed E-state index contributed by atoms with van der Waals surface area (Å²) < 4.78 is 0. The van der Waals surface area contributed by atoms with Gasteiger partial charge in [0.1, 0.15) is 36.3 Å². The highest BCUT2D eigenvalue weighted by Crippen LogP contribution is 2.20. The van der Waals surface area contributed by atoms with Crippen LogP contribution in [0.2, 0.25) is 0 Å². The van der Waals surface area contributed by atoms with Gasteiger partial charge in [0.25, 0.3) is 0 Å². The second-order valence-corrected chi connectivity index (χ2v) is 14.5. The van der Waals surface area contributed by atoms with E-state index in [1.807, 2.05) is 0 Å². The predicted octanol–water partition coefficient (Wildman–Crippen LogP) is -2.98. The minimum atomic E-state index is -1.66. The fourth-order valence-electron chi connectivity index (χ4n) is 5.27. The molecule has 0 aromatic heterocycles. The van der Waals surface area contributed by atoms with E-state index in [1.165, 1.54) is 30.5 Å². The predicted molar refractivity (Wildman–Crippen MR) is 188 cm³/mol. The van der Waals surface area contributed by atoms with Gasteiger partial charge in [0.2, 0.25) is 35.4 Å². The molecule has 18 nitrogen and oxygen atoms in total. The lowest BCUT2D eigenvalue weighted by atomic mass is 10.0. The van der Waals surface area contributed by atoms with Crippen molar-refractivity contribution in [3.63, 3.8) is 0 Å². The number of nitrogens with zero attached hydrogens (tertiary/aromatic N) is 1. The zero-order valence-electron chi connectivity index (χ0n) is 30.4. The van der Waals surface area contributed by atoms with Crippen LogP contribution in [0, 0.1) is 11.8 Å². The second kappa shape index (κ2) is 21.8. The minimum Gasteiger partial charge on any atom is -0.480 e. The fraction of sp³-hybridized carbons (Fsp3) is 0.781. The van der Waals surface area contributed by atoms with E-state index >= 15 is 0 Å². The molecule has 292 valence electrons. The molecular formula is C32H57N7O11S. The van der Waals surface area contributed by atoms with Crippen molar-refractivity contribution in [3.05, 3.63) is 0 Å². The molecule has 1 aliphatic heterocycles. The van der Waals surface area contributed by atoms with Gasteiger partial charge in [0, 0.05) is 6.54 Å². The molecule has 0 bridgehead atoms. The standard InChI is InChI=1S/C32H57N7O11S/c1-15(2)13-20(35-28(45)22-9-8-11-39(22)31(48)25(18(6)42)38-29(46)23(33)16(3)4)26(43)37-24(17(5)41)30(47)36-21(14-40)27(44)34-19(32(49)50)10-12-51-7/h15-25,40-42H,8-14,33H2,1-7H3,(H,34,44)(H,35,45)(H,36,47)(H,37,43)(H,38,46)(H,49,50)/t17-,18-,19+,20+,21+,22+,23+,24+,25+/m1/s1. The molecule has 1 heterocycles. The number of hydrogen-bond acceptors (Lipinski definition) is 12. The van der Waals surface area contributed by atoms with Crippen LogP contribution in [0.5, 0.6) is 0 Å². The van der Waals surface area contributed by atoms with E-state index in [9.17, 15) is 54.0 Å². The Morgan fingerprint density at radius 2 is 1.33 bits per heavy atom. The van der Waals surface area contributed by atoms with Crippen LogP contribution in [0.3, 0.4) is 0 Å². The van der Waals surface area contributed by atoms with Crippen LogP contribution in [0.1, 0.15) is 67.2 Å². The van der Waals surface area contributed by atoms with E-state index in [0.29, 0.717) is 12.2 Å². The van der Waals surface area contributed by atoms with Gasteiger partial charge in [-0.2, -0.15) is 11.8 Å². The maximum Gasteiger partial charge on any atom is 0.326 e. The lowest BCUT2D eigenvalue weighted by molar-refractivity contribution is -0.144. The van der Waals surface area contributed by atoms with E-state index in [-0.39, 0.29) is 37.6 Å². The van der Waals surface area contributed by atoms with Crippen molar-refractivity contribution in [2.24, 2.45) is 17.6 Å². The topological polar surface area (TPSA) is 290 Å². The first-order chi connectivity index (χ1) is 23.8. The van der Waals surface area contributed by atoms with Gasteiger partial charge in [-0.05, 0) is 63.4 Å². The highest BCUT2D eigenvalue weighted by molar-refractivity contribution is 7.98. The van der Waals surface area contributed by atoms with E-state index in [1.54, 1.807) is 34.0 Å². The summed E-state index contributed by atoms with van der Waals surface area (Å²) in [4.78, 5) is 91.9. The number of amides is 6. The first-order valence-corrected chi connectivity index (χ1v) is 18.4. The molecule has 1 aliphatic rings. The zero-order valence-corrected chi connectivity index (χ0v) is 31.2. The van der Waals surface area contributed by atoms with Crippen molar-refractivity contribution in [3.8, 4) is 0 Å². The number of nitrogens with two attached hydrogens (primary N) is 1. The van der Waals surface area contributed by atoms with Crippen molar-refractivity contribution < 1.29 is 54.0 Å². The van der Waals surface area contributed by atoms with Crippen LogP contribution in [-0.4, -0.2) is 146 Å². The summed E-state index contributed by atoms with van der Waals surface area (Å²) in [5.74, 6) is -6.24. The maximum atomic E-state index is 13.6. The Labute approximate surface area is 302 Å². The van der Waals surface area contributed by atoms with Gasteiger partial charge in [0.05, 0.1) is 24.9 Å². The monoisotopic (exact) mass is 747 g/mol. The molecule has 0 aromatic carbocycles. The molecule has 0 unspecified atom stereocenters. The van der Waals surface area contributed by atoms with Crippen LogP contribution in [0.15, 0.2) is 0 Å². The highest BCUT2D eigenvalue weighted by atomic mass is 32.2. The Morgan fingerprint density at radius 3 is 1.82 bits per heavy atom. The van der Waals surface area contributed by atoms with Gasteiger partial charge in [-0.25, -0.2) is 4.79 Å². The van der Waals surface area contributed by atoms with Gasteiger partial charge in [-0.15, -0.1) is 0 Å². The molecule has 51 heavy (non-hydrogen) atoms. The maximum absolute atomic E-state index is 13.6. The summed E-state index contributed by atoms with van der Waals surface area (Å²) in [6.45, 7) is 8.75. The highest BCUT2D eigenvalue weighted by Gasteiger charge is 2.41. The molecule has 1 fully saturated rings. The number of rotatable bonds is 21. The zero-order chi connectivity index (χ0) is 39.2. The molecule has 9 atom stereocenters. The van der Waals surface area contributed by atoms with Gasteiger partial charge < -0.3 is 57.6 Å². The van der Waals surface area contributed by atoms with E-state index in [4.69, 9.17) is 5.73 Å². The molecule has 1 rings (SSSR count). The van der Waals surface area contributed by atoms with E-state index < -0.39 is 103 Å². The van der Waals surface area contributed by atoms with Crippen LogP contribution >= 0.6 is 11.8 Å². The smallest absolute Gasteiger partial charge is 0.326 e. The number of carbonyl (C=O) groups excluding carboxylic acids is 6. The SMILES string of the molecule is CSCC[C@H](NC(=O)[C@H](CO)NC(=O)[C@@H](NC(=O)[C@H](CC(C)C)NC(=O)[C@@H]1CCCN1C(=O)[C@@H](NC(=O)[C@@H](N)C(C)C)[C@@H](C)O)[C@@H](C)O)C(=O)O. The third-order valence-corrected chi connectivity index (χ3v) is 8.99. The van der Waals surface area contributed by atoms with Crippen LogP contribution < -0.4 is 32.3 Å². The molecule has 0 aliphatic carbocycles. The molecule has 6 amide bonds. The van der Waals surface area contributed by atoms with E-state index in [2.05, 4.69) is 26.6 Å². The summed E-state index contributed by atoms with van der Waals surface area (Å²) in [5, 5.41) is 51.9. The van der Waals surface area contributed by atoms with Crippen molar-refractivity contribution in [1.82, 2.24) is 31.5 Å². The van der Waals surface area contributed by atoms with Gasteiger partial charge in [0.15, 0.2) is 0 Å². The average molecular weight is 748 g/mol. The van der Waals surface area contributed by atoms with Crippen molar-refractivity contribution >= 4 is 53.2 Å². The Balaban J connectivity index is 3.12. The summed E-state index contributed by atoms with van der Waals surface area (Å²) in [7, 11) is 0. The number of aliphatic hydroxyl groups is 3. The quantitative estimate of drug-likeness (QED) is 0.0562. The number of carboxylic acids is 1. The molecule has 0 saturated carbocycles. The average Bonchev–Trinajstić information content (AvgIpc) is 3.55. The van der Waals surface area contributed by atoms with Crippen molar-refractivity contribution in [1.29, 1.82) is 0 Å². The number of carbonyl (C=O) groups is 7. The van der Waals surface area contributed by atoms with Crippen molar-refractivity contribution in [2.45, 2.75) is 122 Å².